The van der Waals surface area contributed by atoms with E-state index in [0.717, 1.165) is 3.57 Å². The van der Waals surface area contributed by atoms with Crippen molar-refractivity contribution in [2.24, 2.45) is 0 Å². The third-order valence-electron chi connectivity index (χ3n) is 2.49. The van der Waals surface area contributed by atoms with Crippen molar-refractivity contribution in [3.8, 4) is 0 Å². The first kappa shape index (κ1) is 14.7. The number of rotatable bonds is 3. The first-order chi connectivity index (χ1) is 9.47. The monoisotopic (exact) mass is 402 g/mol. The zero-order valence-corrected chi connectivity index (χ0v) is 12.9. The Morgan fingerprint density at radius 3 is 2.65 bits per heavy atom. The van der Waals surface area contributed by atoms with Crippen LogP contribution in [0.4, 0.5) is 11.4 Å². The van der Waals surface area contributed by atoms with Crippen molar-refractivity contribution in [3.63, 3.8) is 0 Å². The predicted molar refractivity (Wildman–Crippen MR) is 85.2 cm³/mol. The molecule has 0 heterocycles. The average molecular weight is 403 g/mol. The molecule has 102 valence electrons. The van der Waals surface area contributed by atoms with Gasteiger partial charge in [0.2, 0.25) is 0 Å². The molecule has 0 saturated heterocycles. The van der Waals surface area contributed by atoms with Crippen molar-refractivity contribution in [3.05, 3.63) is 66.7 Å². The fourth-order valence-electron chi connectivity index (χ4n) is 1.56. The summed E-state index contributed by atoms with van der Waals surface area (Å²) in [5, 5.41) is 13.4. The summed E-state index contributed by atoms with van der Waals surface area (Å²) in [5.41, 5.74) is 0.562. The first-order valence-corrected chi connectivity index (χ1v) is 6.94. The van der Waals surface area contributed by atoms with Gasteiger partial charge in [0.05, 0.1) is 4.92 Å². The number of amides is 1. The summed E-state index contributed by atoms with van der Waals surface area (Å²) in [6, 6.07) is 11.1. The zero-order valence-electron chi connectivity index (χ0n) is 9.97. The average Bonchev–Trinajstić information content (AvgIpc) is 2.40. The molecule has 0 spiro atoms. The van der Waals surface area contributed by atoms with E-state index in [1.165, 1.54) is 18.2 Å². The highest BCUT2D eigenvalue weighted by molar-refractivity contribution is 14.1. The van der Waals surface area contributed by atoms with E-state index >= 15 is 0 Å². The van der Waals surface area contributed by atoms with E-state index in [2.05, 4.69) is 27.9 Å². The minimum atomic E-state index is -0.594. The molecule has 0 aliphatic carbocycles. The molecular formula is C13H8ClIN2O3. The molecule has 1 amide bonds. The van der Waals surface area contributed by atoms with Crippen LogP contribution in [0, 0.1) is 13.7 Å². The third-order valence-corrected chi connectivity index (χ3v) is 3.48. The second-order valence-electron chi connectivity index (χ2n) is 3.89. The van der Waals surface area contributed by atoms with Gasteiger partial charge in [-0.25, -0.2) is 0 Å². The summed E-state index contributed by atoms with van der Waals surface area (Å²) >= 11 is 7.81. The van der Waals surface area contributed by atoms with Gasteiger partial charge in [0.1, 0.15) is 5.02 Å². The fraction of sp³-hybridized carbons (Fsp3) is 0. The van der Waals surface area contributed by atoms with E-state index in [-0.39, 0.29) is 16.6 Å². The molecule has 0 bridgehead atoms. The fourth-order valence-corrected chi connectivity index (χ4v) is 2.29. The number of halogens is 2. The lowest BCUT2D eigenvalue weighted by Crippen LogP contribution is -2.12. The number of benzene rings is 2. The second-order valence-corrected chi connectivity index (χ2v) is 5.54. The SMILES string of the molecule is O=C(Nc1ccc(Cl)c([N+](=O)[O-])c1)c1cccc(I)c1. The van der Waals surface area contributed by atoms with Crippen LogP contribution in [0.2, 0.25) is 5.02 Å². The Bertz CT molecular complexity index is 691. The lowest BCUT2D eigenvalue weighted by Gasteiger charge is -2.06. The Morgan fingerprint density at radius 2 is 2.00 bits per heavy atom. The van der Waals surface area contributed by atoms with Crippen LogP contribution in [0.1, 0.15) is 10.4 Å². The number of carbonyl (C=O) groups is 1. The Hall–Kier alpha value is -1.67. The number of nitrogens with one attached hydrogen (secondary N) is 1. The van der Waals surface area contributed by atoms with Gasteiger partial charge in [0, 0.05) is 20.9 Å². The van der Waals surface area contributed by atoms with Crippen molar-refractivity contribution in [1.29, 1.82) is 0 Å². The quantitative estimate of drug-likeness (QED) is 0.477. The smallest absolute Gasteiger partial charge is 0.289 e. The number of hydrogen-bond acceptors (Lipinski definition) is 3. The van der Waals surface area contributed by atoms with Crippen molar-refractivity contribution in [2.45, 2.75) is 0 Å². The van der Waals surface area contributed by atoms with Gasteiger partial charge in [-0.1, -0.05) is 17.7 Å². The van der Waals surface area contributed by atoms with Crippen LogP contribution in [-0.4, -0.2) is 10.8 Å². The highest BCUT2D eigenvalue weighted by atomic mass is 127. The summed E-state index contributed by atoms with van der Waals surface area (Å²) in [6.07, 6.45) is 0. The lowest BCUT2D eigenvalue weighted by molar-refractivity contribution is -0.384. The van der Waals surface area contributed by atoms with Crippen LogP contribution >= 0.6 is 34.2 Å². The summed E-state index contributed by atoms with van der Waals surface area (Å²) in [7, 11) is 0. The van der Waals surface area contributed by atoms with Crippen LogP contribution in [0.3, 0.4) is 0 Å². The molecule has 2 aromatic carbocycles. The van der Waals surface area contributed by atoms with Gasteiger partial charge in [-0.05, 0) is 52.9 Å². The Labute approximate surface area is 133 Å². The summed E-state index contributed by atoms with van der Waals surface area (Å²) in [6.45, 7) is 0. The lowest BCUT2D eigenvalue weighted by atomic mass is 10.2. The molecule has 0 aliphatic heterocycles. The molecule has 7 heteroatoms. The minimum Gasteiger partial charge on any atom is -0.322 e. The predicted octanol–water partition coefficient (Wildman–Crippen LogP) is 4.11. The number of hydrogen-bond donors (Lipinski definition) is 1. The van der Waals surface area contributed by atoms with E-state index in [1.54, 1.807) is 18.2 Å². The number of anilines is 1. The summed E-state index contributed by atoms with van der Waals surface area (Å²) in [5.74, 6) is -0.333. The number of carbonyl (C=O) groups excluding carboxylic acids is 1. The number of nitro benzene ring substituents is 1. The molecule has 0 saturated carbocycles. The molecule has 2 aromatic rings. The standard InChI is InChI=1S/C13H8ClIN2O3/c14-11-5-4-10(7-12(11)17(19)20)16-13(18)8-2-1-3-9(15)6-8/h1-7H,(H,16,18). The Balaban J connectivity index is 2.24. The highest BCUT2D eigenvalue weighted by Gasteiger charge is 2.14. The zero-order chi connectivity index (χ0) is 14.7. The van der Waals surface area contributed by atoms with Gasteiger partial charge in [0.15, 0.2) is 0 Å². The van der Waals surface area contributed by atoms with Gasteiger partial charge in [-0.3, -0.25) is 14.9 Å². The molecule has 0 atom stereocenters. The Morgan fingerprint density at radius 1 is 1.25 bits per heavy atom. The topological polar surface area (TPSA) is 72.2 Å². The Kier molecular flexibility index (Phi) is 4.56. The molecule has 0 radical (unpaired) electrons. The molecule has 1 N–H and O–H groups in total. The second kappa shape index (κ2) is 6.19. The van der Waals surface area contributed by atoms with Gasteiger partial charge in [-0.2, -0.15) is 0 Å². The van der Waals surface area contributed by atoms with E-state index in [4.69, 9.17) is 11.6 Å². The molecule has 0 unspecified atom stereocenters. The van der Waals surface area contributed by atoms with Gasteiger partial charge < -0.3 is 5.32 Å². The van der Waals surface area contributed by atoms with Crippen LogP contribution in [0.25, 0.3) is 0 Å². The van der Waals surface area contributed by atoms with Crippen LogP contribution in [-0.2, 0) is 0 Å². The van der Waals surface area contributed by atoms with Crippen molar-refractivity contribution >= 4 is 51.5 Å². The molecular weight excluding hydrogens is 395 g/mol. The maximum absolute atomic E-state index is 12.0. The number of nitrogens with zero attached hydrogens (tertiary/aromatic N) is 1. The van der Waals surface area contributed by atoms with Crippen LogP contribution in [0.5, 0.6) is 0 Å². The molecule has 5 nitrogen and oxygen atoms in total. The molecule has 0 aromatic heterocycles. The third kappa shape index (κ3) is 3.45. The normalized spacial score (nSPS) is 10.1. The molecule has 0 aliphatic rings. The van der Waals surface area contributed by atoms with Crippen molar-refractivity contribution in [2.75, 3.05) is 5.32 Å². The molecule has 0 fully saturated rings. The van der Waals surface area contributed by atoms with Crippen molar-refractivity contribution in [1.82, 2.24) is 0 Å². The van der Waals surface area contributed by atoms with E-state index in [0.29, 0.717) is 11.3 Å². The van der Waals surface area contributed by atoms with E-state index < -0.39 is 4.92 Å². The van der Waals surface area contributed by atoms with Crippen LogP contribution in [0.15, 0.2) is 42.5 Å². The highest BCUT2D eigenvalue weighted by Crippen LogP contribution is 2.27. The minimum absolute atomic E-state index is 0.0299. The maximum atomic E-state index is 12.0. The van der Waals surface area contributed by atoms with Crippen LogP contribution < -0.4 is 5.32 Å². The summed E-state index contributed by atoms with van der Waals surface area (Å²) in [4.78, 5) is 22.2. The largest absolute Gasteiger partial charge is 0.322 e. The van der Waals surface area contributed by atoms with E-state index in [1.807, 2.05) is 6.07 Å². The van der Waals surface area contributed by atoms with Crippen molar-refractivity contribution < 1.29 is 9.72 Å². The summed E-state index contributed by atoms with van der Waals surface area (Å²) < 4.78 is 0.928. The first-order valence-electron chi connectivity index (χ1n) is 5.48. The molecule has 20 heavy (non-hydrogen) atoms. The van der Waals surface area contributed by atoms with Gasteiger partial charge in [0.25, 0.3) is 11.6 Å². The van der Waals surface area contributed by atoms with E-state index in [9.17, 15) is 14.9 Å². The van der Waals surface area contributed by atoms with Gasteiger partial charge in [-0.15, -0.1) is 0 Å². The van der Waals surface area contributed by atoms with Gasteiger partial charge >= 0.3 is 0 Å². The maximum Gasteiger partial charge on any atom is 0.289 e. The number of nitro groups is 1. The molecule has 2 rings (SSSR count).